The number of hydrogen-bond donors (Lipinski definition) is 2. The van der Waals surface area contributed by atoms with Gasteiger partial charge in [0.25, 0.3) is 5.91 Å². The summed E-state index contributed by atoms with van der Waals surface area (Å²) in [6.45, 7) is 0. The van der Waals surface area contributed by atoms with Crippen LogP contribution < -0.4 is 15.4 Å². The molecule has 0 saturated heterocycles. The van der Waals surface area contributed by atoms with E-state index in [1.807, 2.05) is 42.5 Å². The summed E-state index contributed by atoms with van der Waals surface area (Å²) in [6.07, 6.45) is 0. The molecule has 0 bridgehead atoms. The van der Waals surface area contributed by atoms with Crippen molar-refractivity contribution in [1.29, 1.82) is 0 Å². The van der Waals surface area contributed by atoms with Gasteiger partial charge in [-0.05, 0) is 78.4 Å². The summed E-state index contributed by atoms with van der Waals surface area (Å²) in [5.41, 5.74) is 2.52. The summed E-state index contributed by atoms with van der Waals surface area (Å²) in [5, 5.41) is 5.20. The van der Waals surface area contributed by atoms with E-state index in [0.717, 1.165) is 10.5 Å². The molecule has 4 aromatic rings. The molecule has 35 heavy (non-hydrogen) atoms. The second-order valence-electron chi connectivity index (χ2n) is 7.61. The molecule has 2 N–H and O–H groups in total. The van der Waals surface area contributed by atoms with E-state index in [1.54, 1.807) is 43.5 Å². The molecule has 4 aromatic carbocycles. The van der Waals surface area contributed by atoms with Crippen LogP contribution in [0.15, 0.2) is 108 Å². The van der Waals surface area contributed by atoms with Crippen LogP contribution in [0.25, 0.3) is 0 Å². The molecule has 0 heterocycles. The SMILES string of the molecule is COc1ccc(C(=O)Nc2ccc(SC(C(=O)Nc3ccc(F)cc3)c3ccccc3)cc2)cc1. The van der Waals surface area contributed by atoms with Gasteiger partial charge in [-0.2, -0.15) is 0 Å². The van der Waals surface area contributed by atoms with Gasteiger partial charge in [-0.15, -0.1) is 11.8 Å². The average molecular weight is 487 g/mol. The molecule has 176 valence electrons. The Kier molecular flexibility index (Phi) is 7.80. The Morgan fingerprint density at radius 1 is 0.771 bits per heavy atom. The summed E-state index contributed by atoms with van der Waals surface area (Å²) < 4.78 is 18.3. The van der Waals surface area contributed by atoms with Crippen LogP contribution in [0.1, 0.15) is 21.2 Å². The van der Waals surface area contributed by atoms with Crippen molar-refractivity contribution >= 4 is 35.0 Å². The van der Waals surface area contributed by atoms with Crippen molar-refractivity contribution in [2.24, 2.45) is 0 Å². The monoisotopic (exact) mass is 486 g/mol. The zero-order valence-corrected chi connectivity index (χ0v) is 19.7. The Hall–Kier alpha value is -4.10. The molecule has 1 unspecified atom stereocenters. The highest BCUT2D eigenvalue weighted by molar-refractivity contribution is 8.00. The molecule has 0 aliphatic rings. The van der Waals surface area contributed by atoms with E-state index < -0.39 is 5.25 Å². The van der Waals surface area contributed by atoms with Gasteiger partial charge in [0.1, 0.15) is 16.8 Å². The van der Waals surface area contributed by atoms with Gasteiger partial charge in [0.2, 0.25) is 5.91 Å². The summed E-state index contributed by atoms with van der Waals surface area (Å²) in [7, 11) is 1.57. The summed E-state index contributed by atoms with van der Waals surface area (Å²) in [5.74, 6) is -0.130. The smallest absolute Gasteiger partial charge is 0.255 e. The Morgan fingerprint density at radius 2 is 1.37 bits per heavy atom. The third-order valence-electron chi connectivity index (χ3n) is 5.17. The second kappa shape index (κ2) is 11.4. The Balaban J connectivity index is 1.46. The van der Waals surface area contributed by atoms with E-state index in [9.17, 15) is 14.0 Å². The van der Waals surface area contributed by atoms with E-state index in [0.29, 0.717) is 22.7 Å². The molecule has 0 aliphatic carbocycles. The fraction of sp³-hybridized carbons (Fsp3) is 0.0714. The van der Waals surface area contributed by atoms with Gasteiger partial charge in [0.05, 0.1) is 7.11 Å². The minimum absolute atomic E-state index is 0.218. The van der Waals surface area contributed by atoms with E-state index in [-0.39, 0.29) is 17.6 Å². The first-order valence-corrected chi connectivity index (χ1v) is 11.7. The number of hydrogen-bond acceptors (Lipinski definition) is 4. The van der Waals surface area contributed by atoms with Gasteiger partial charge in [-0.25, -0.2) is 4.39 Å². The first-order valence-electron chi connectivity index (χ1n) is 10.9. The highest BCUT2D eigenvalue weighted by Crippen LogP contribution is 2.36. The second-order valence-corrected chi connectivity index (χ2v) is 8.79. The van der Waals surface area contributed by atoms with Gasteiger partial charge >= 0.3 is 0 Å². The molecule has 0 fully saturated rings. The topological polar surface area (TPSA) is 67.4 Å². The number of thioether (sulfide) groups is 1. The van der Waals surface area contributed by atoms with Crippen LogP contribution in [0.5, 0.6) is 5.75 Å². The normalized spacial score (nSPS) is 11.4. The van der Waals surface area contributed by atoms with Crippen molar-refractivity contribution in [2.75, 3.05) is 17.7 Å². The summed E-state index contributed by atoms with van der Waals surface area (Å²) >= 11 is 1.39. The number of amides is 2. The highest BCUT2D eigenvalue weighted by Gasteiger charge is 2.22. The largest absolute Gasteiger partial charge is 0.497 e. The van der Waals surface area contributed by atoms with Gasteiger partial charge in [0, 0.05) is 21.8 Å². The van der Waals surface area contributed by atoms with Crippen molar-refractivity contribution in [3.05, 3.63) is 120 Å². The van der Waals surface area contributed by atoms with Crippen LogP contribution >= 0.6 is 11.8 Å². The molecular formula is C28H23FN2O3S. The van der Waals surface area contributed by atoms with Crippen LogP contribution in [0.2, 0.25) is 0 Å². The van der Waals surface area contributed by atoms with E-state index in [1.165, 1.54) is 36.0 Å². The van der Waals surface area contributed by atoms with E-state index in [2.05, 4.69) is 10.6 Å². The van der Waals surface area contributed by atoms with Crippen molar-refractivity contribution in [3.8, 4) is 5.75 Å². The minimum Gasteiger partial charge on any atom is -0.497 e. The number of anilines is 2. The zero-order chi connectivity index (χ0) is 24.6. The molecule has 0 aliphatic heterocycles. The molecule has 0 aromatic heterocycles. The van der Waals surface area contributed by atoms with Crippen LogP contribution in [-0.2, 0) is 4.79 Å². The van der Waals surface area contributed by atoms with Crippen molar-refractivity contribution in [2.45, 2.75) is 10.1 Å². The number of ether oxygens (including phenoxy) is 1. The molecule has 7 heteroatoms. The third-order valence-corrected chi connectivity index (χ3v) is 6.44. The molecule has 2 amide bonds. The fourth-order valence-electron chi connectivity index (χ4n) is 3.34. The van der Waals surface area contributed by atoms with Gasteiger partial charge in [-0.1, -0.05) is 30.3 Å². The van der Waals surface area contributed by atoms with Crippen molar-refractivity contribution in [3.63, 3.8) is 0 Å². The zero-order valence-electron chi connectivity index (χ0n) is 18.9. The van der Waals surface area contributed by atoms with Gasteiger partial charge in [0.15, 0.2) is 0 Å². The highest BCUT2D eigenvalue weighted by atomic mass is 32.2. The van der Waals surface area contributed by atoms with Crippen molar-refractivity contribution in [1.82, 2.24) is 0 Å². The third kappa shape index (κ3) is 6.49. The van der Waals surface area contributed by atoms with E-state index >= 15 is 0 Å². The number of carbonyl (C=O) groups excluding carboxylic acids is 2. The maximum atomic E-state index is 13.2. The molecular weight excluding hydrogens is 463 g/mol. The molecule has 5 nitrogen and oxygen atoms in total. The quantitative estimate of drug-likeness (QED) is 0.277. The summed E-state index contributed by atoms with van der Waals surface area (Å²) in [6, 6.07) is 29.3. The van der Waals surface area contributed by atoms with Crippen LogP contribution in [0, 0.1) is 5.82 Å². The Bertz CT molecular complexity index is 1280. The first-order chi connectivity index (χ1) is 17.0. The lowest BCUT2D eigenvalue weighted by Gasteiger charge is -2.17. The number of benzene rings is 4. The van der Waals surface area contributed by atoms with Gasteiger partial charge in [-0.3, -0.25) is 9.59 Å². The van der Waals surface area contributed by atoms with Gasteiger partial charge < -0.3 is 15.4 Å². The molecule has 4 rings (SSSR count). The molecule has 0 saturated carbocycles. The van der Waals surface area contributed by atoms with Crippen LogP contribution in [0.3, 0.4) is 0 Å². The Morgan fingerprint density at radius 3 is 2.00 bits per heavy atom. The van der Waals surface area contributed by atoms with Crippen LogP contribution in [0.4, 0.5) is 15.8 Å². The number of nitrogens with one attached hydrogen (secondary N) is 2. The fourth-order valence-corrected chi connectivity index (χ4v) is 4.36. The predicted molar refractivity (Wildman–Crippen MR) is 137 cm³/mol. The summed E-state index contributed by atoms with van der Waals surface area (Å²) in [4.78, 5) is 26.5. The molecule has 0 radical (unpaired) electrons. The lowest BCUT2D eigenvalue weighted by atomic mass is 10.1. The van der Waals surface area contributed by atoms with Crippen LogP contribution in [-0.4, -0.2) is 18.9 Å². The number of methoxy groups -OCH3 is 1. The standard InChI is InChI=1S/C28H23FN2O3S/c1-34-24-15-7-20(8-16-24)27(32)30-23-13-17-25(18-14-23)35-26(19-5-3-2-4-6-19)28(33)31-22-11-9-21(29)10-12-22/h2-18,26H,1H3,(H,30,32)(H,31,33). The first kappa shape index (κ1) is 24.0. The molecule has 0 spiro atoms. The average Bonchev–Trinajstić information content (AvgIpc) is 2.90. The van der Waals surface area contributed by atoms with E-state index in [4.69, 9.17) is 4.74 Å². The minimum atomic E-state index is -0.527. The van der Waals surface area contributed by atoms with Crippen molar-refractivity contribution < 1.29 is 18.7 Å². The molecule has 1 atom stereocenters. The predicted octanol–water partition coefficient (Wildman–Crippen LogP) is 6.56. The maximum absolute atomic E-state index is 13.2. The lowest BCUT2D eigenvalue weighted by Crippen LogP contribution is -2.19. The number of carbonyl (C=O) groups is 2. The number of halogens is 1. The number of rotatable bonds is 8. The maximum Gasteiger partial charge on any atom is 0.255 e. The Labute approximate surface area is 207 Å². The lowest BCUT2D eigenvalue weighted by molar-refractivity contribution is -0.115.